The fourth-order valence-corrected chi connectivity index (χ4v) is 10.3. The molecule has 1 amide bonds. The maximum atomic E-state index is 14.9. The minimum Gasteiger partial charge on any atom is -0.493 e. The summed E-state index contributed by atoms with van der Waals surface area (Å²) in [5.41, 5.74) is 0.565. The smallest absolute Gasteiger partial charge is 0.332 e. The highest BCUT2D eigenvalue weighted by Crippen LogP contribution is 2.36. The Hall–Kier alpha value is -4.88. The number of ether oxygens (including phenoxy) is 2. The number of aromatic hydroxyl groups is 1. The molecule has 0 bridgehead atoms. The van der Waals surface area contributed by atoms with E-state index in [0.29, 0.717) is 31.1 Å². The highest BCUT2D eigenvalue weighted by molar-refractivity contribution is 7.90. The van der Waals surface area contributed by atoms with E-state index in [0.717, 1.165) is 46.5 Å². The number of amidine groups is 1. The third-order valence-corrected chi connectivity index (χ3v) is 14.4. The van der Waals surface area contributed by atoms with E-state index in [9.17, 15) is 23.1 Å². The van der Waals surface area contributed by atoms with Gasteiger partial charge >= 0.3 is 5.69 Å². The summed E-state index contributed by atoms with van der Waals surface area (Å²) in [7, 11) is -4.28. The fourth-order valence-electron chi connectivity index (χ4n) is 8.73. The Morgan fingerprint density at radius 2 is 1.18 bits per heavy atom. The molecule has 3 aromatic carbocycles. The average molecular weight is 942 g/mol. The van der Waals surface area contributed by atoms with E-state index in [2.05, 4.69) is 19.2 Å². The first-order valence-corrected chi connectivity index (χ1v) is 27.1. The maximum absolute atomic E-state index is 14.9. The molecule has 0 radical (unpaired) electrons. The third kappa shape index (κ3) is 17.0. The number of hydrogen-bond acceptors (Lipinski definition) is 8. The summed E-state index contributed by atoms with van der Waals surface area (Å²) in [5, 5.41) is 14.5. The summed E-state index contributed by atoms with van der Waals surface area (Å²) in [5.74, 6) is -1.06. The predicted octanol–water partition coefficient (Wildman–Crippen LogP) is 12.7. The van der Waals surface area contributed by atoms with Gasteiger partial charge in [-0.1, -0.05) is 197 Å². The van der Waals surface area contributed by atoms with Gasteiger partial charge in [-0.3, -0.25) is 13.7 Å². The van der Waals surface area contributed by atoms with Gasteiger partial charge in [-0.2, -0.15) is 0 Å². The maximum Gasteiger partial charge on any atom is 0.332 e. The topological polar surface area (TPSA) is 144 Å². The summed E-state index contributed by atoms with van der Waals surface area (Å²) in [6.07, 6.45) is 28.4. The number of anilines is 1. The van der Waals surface area contributed by atoms with Crippen LogP contribution in [-0.4, -0.2) is 65.1 Å². The summed E-state index contributed by atoms with van der Waals surface area (Å²) in [6.45, 7) is 5.83. The fraction of sp³-hybridized carbons (Fsp3) is 0.574. The van der Waals surface area contributed by atoms with E-state index in [1.54, 1.807) is 36.4 Å². The molecule has 67 heavy (non-hydrogen) atoms. The molecule has 0 fully saturated rings. The van der Waals surface area contributed by atoms with Gasteiger partial charge in [0.25, 0.3) is 15.9 Å². The first-order chi connectivity index (χ1) is 32.8. The van der Waals surface area contributed by atoms with Crippen molar-refractivity contribution in [2.24, 2.45) is 4.99 Å². The van der Waals surface area contributed by atoms with Crippen LogP contribution in [0.3, 0.4) is 0 Å². The van der Waals surface area contributed by atoms with Gasteiger partial charge < -0.3 is 19.9 Å². The summed E-state index contributed by atoms with van der Waals surface area (Å²) in [4.78, 5) is 34.1. The number of nitrogens with one attached hydrogen (secondary N) is 1. The molecule has 0 saturated heterocycles. The van der Waals surface area contributed by atoms with Gasteiger partial charge in [0.2, 0.25) is 5.88 Å². The second kappa shape index (κ2) is 29.8. The number of hydrogen-bond donors (Lipinski definition) is 2. The van der Waals surface area contributed by atoms with Gasteiger partial charge in [0.05, 0.1) is 30.7 Å². The quantitative estimate of drug-likeness (QED) is 0.0437. The zero-order chi connectivity index (χ0) is 47.5. The van der Waals surface area contributed by atoms with Crippen molar-refractivity contribution < 1.29 is 27.8 Å². The van der Waals surface area contributed by atoms with Gasteiger partial charge in [0.15, 0.2) is 11.9 Å². The van der Waals surface area contributed by atoms with Crippen molar-refractivity contribution in [1.82, 2.24) is 13.4 Å². The van der Waals surface area contributed by atoms with Crippen molar-refractivity contribution in [3.8, 4) is 11.6 Å². The number of rotatable bonds is 35. The number of nitrogens with zero attached hydrogens (tertiary/aromatic N) is 4. The number of fused-ring (bicyclic) bond motifs is 1. The van der Waals surface area contributed by atoms with Crippen LogP contribution in [0.25, 0.3) is 0 Å². The lowest BCUT2D eigenvalue weighted by Crippen LogP contribution is -2.49. The van der Waals surface area contributed by atoms with Gasteiger partial charge in [-0.25, -0.2) is 22.8 Å². The molecule has 2 N–H and O–H groups in total. The normalized spacial score (nSPS) is 13.6. The molecule has 12 nitrogen and oxygen atoms in total. The Kier molecular flexibility index (Phi) is 23.6. The lowest BCUT2D eigenvalue weighted by atomic mass is 10.1. The number of aliphatic imine (C=N–C) groups is 1. The minimum atomic E-state index is -4.28. The number of imidazole rings is 1. The Balaban J connectivity index is 1.30. The SMILES string of the molecule is CCCCCCCCCCCCCCOc1ccccc1NC(=O)C(C1=Nc2ccccc2S(=O)(=O)N1CCCOCCCCCCCCCCCC)n1c(O)cn(Cc2ccccc2)c1=O. The second-order valence-electron chi connectivity index (χ2n) is 18.0. The highest BCUT2D eigenvalue weighted by atomic mass is 32.2. The van der Waals surface area contributed by atoms with Crippen LogP contribution >= 0.6 is 0 Å². The monoisotopic (exact) mass is 942 g/mol. The van der Waals surface area contributed by atoms with Crippen molar-refractivity contribution >= 4 is 33.1 Å². The number of unbranched alkanes of at least 4 members (excludes halogenated alkanes) is 20. The molecule has 0 aliphatic carbocycles. The van der Waals surface area contributed by atoms with Crippen LogP contribution in [0.2, 0.25) is 0 Å². The van der Waals surface area contributed by atoms with Crippen LogP contribution < -0.4 is 15.7 Å². The average Bonchev–Trinajstić information content (AvgIpc) is 3.60. The largest absolute Gasteiger partial charge is 0.493 e. The van der Waals surface area contributed by atoms with Crippen LogP contribution in [0.4, 0.5) is 11.4 Å². The molecule has 5 rings (SSSR count). The van der Waals surface area contributed by atoms with Crippen molar-refractivity contribution in [3.05, 3.63) is 101 Å². The first kappa shape index (κ1) is 53.1. The zero-order valence-corrected chi connectivity index (χ0v) is 41.4. The number of sulfonamides is 1. The van der Waals surface area contributed by atoms with Crippen molar-refractivity contribution in [1.29, 1.82) is 0 Å². The molecule has 0 spiro atoms. The Labute approximate surface area is 401 Å². The molecular weight excluding hydrogens is 863 g/mol. The number of amides is 1. The molecule has 4 aromatic rings. The molecular formula is C54H79N5O7S. The van der Waals surface area contributed by atoms with E-state index >= 15 is 0 Å². The van der Waals surface area contributed by atoms with E-state index in [4.69, 9.17) is 14.5 Å². The number of para-hydroxylation sites is 3. The molecule has 368 valence electrons. The third-order valence-electron chi connectivity index (χ3n) is 12.5. The zero-order valence-electron chi connectivity index (χ0n) is 40.6. The van der Waals surface area contributed by atoms with Crippen molar-refractivity contribution in [2.75, 3.05) is 31.7 Å². The lowest BCUT2D eigenvalue weighted by molar-refractivity contribution is -0.117. The summed E-state index contributed by atoms with van der Waals surface area (Å²) in [6, 6.07) is 21.0. The standard InChI is InChI=1S/C54H79N5O7S/c1-3-5-7-9-11-13-15-16-18-20-22-31-42-66-48-37-28-26-35-46(48)56-53(61)51(59-50(60)44-57(54(59)62)43-45-33-24-23-25-34-45)52-55-47-36-27-29-38-49(47)67(63,64)58(52)39-32-41-65-40-30-21-19-17-14-12-10-8-6-4-2/h23-29,33-38,44,51,60H,3-22,30-32,39-43H2,1-2H3,(H,56,61). The van der Waals surface area contributed by atoms with E-state index < -0.39 is 33.5 Å². The van der Waals surface area contributed by atoms with Gasteiger partial charge in [0, 0.05) is 19.8 Å². The molecule has 2 heterocycles. The van der Waals surface area contributed by atoms with Crippen LogP contribution in [0.5, 0.6) is 11.6 Å². The van der Waals surface area contributed by atoms with Crippen molar-refractivity contribution in [2.45, 2.75) is 179 Å². The van der Waals surface area contributed by atoms with Crippen LogP contribution in [-0.2, 0) is 26.1 Å². The molecule has 13 heteroatoms. The Bertz CT molecular complexity index is 2240. The van der Waals surface area contributed by atoms with Gasteiger partial charge in [-0.15, -0.1) is 0 Å². The van der Waals surface area contributed by atoms with E-state index in [1.165, 1.54) is 126 Å². The highest BCUT2D eigenvalue weighted by Gasteiger charge is 2.42. The lowest BCUT2D eigenvalue weighted by Gasteiger charge is -2.33. The molecule has 1 aliphatic heterocycles. The Morgan fingerprint density at radius 1 is 0.657 bits per heavy atom. The minimum absolute atomic E-state index is 0.0149. The van der Waals surface area contributed by atoms with Gasteiger partial charge in [-0.05, 0) is 49.1 Å². The second-order valence-corrected chi connectivity index (χ2v) is 19.9. The summed E-state index contributed by atoms with van der Waals surface area (Å²) >= 11 is 0. The Morgan fingerprint density at radius 3 is 1.81 bits per heavy atom. The van der Waals surface area contributed by atoms with E-state index in [-0.39, 0.29) is 36.1 Å². The van der Waals surface area contributed by atoms with Crippen LogP contribution in [0.15, 0.2) is 99.7 Å². The summed E-state index contributed by atoms with van der Waals surface area (Å²) < 4.78 is 44.7. The van der Waals surface area contributed by atoms with Gasteiger partial charge in [0.1, 0.15) is 10.6 Å². The predicted molar refractivity (Wildman–Crippen MR) is 271 cm³/mol. The number of carbonyl (C=O) groups is 1. The number of benzene rings is 3. The van der Waals surface area contributed by atoms with E-state index in [1.807, 2.05) is 36.4 Å². The van der Waals surface area contributed by atoms with Crippen LogP contribution in [0, 0.1) is 0 Å². The molecule has 1 unspecified atom stereocenters. The number of carbonyl (C=O) groups excluding carboxylic acids is 1. The number of aromatic nitrogens is 2. The molecule has 0 saturated carbocycles. The van der Waals surface area contributed by atoms with Crippen molar-refractivity contribution in [3.63, 3.8) is 0 Å². The van der Waals surface area contributed by atoms with Crippen LogP contribution in [0.1, 0.15) is 173 Å². The molecule has 1 atom stereocenters. The molecule has 1 aliphatic rings. The first-order valence-electron chi connectivity index (χ1n) is 25.6. The molecule has 1 aromatic heterocycles.